The quantitative estimate of drug-likeness (QED) is 0.308. The van der Waals surface area contributed by atoms with Crippen LogP contribution in [0.1, 0.15) is 17.9 Å². The fourth-order valence-electron chi connectivity index (χ4n) is 4.94. The van der Waals surface area contributed by atoms with Gasteiger partial charge in [0.1, 0.15) is 29.5 Å². The molecule has 6 rings (SSSR count). The number of aromatic nitrogens is 4. The second kappa shape index (κ2) is 12.7. The highest BCUT2D eigenvalue weighted by molar-refractivity contribution is 7.89. The smallest absolute Gasteiger partial charge is 0.480 e. The number of benzene rings is 2. The molecule has 12 nitrogen and oxygen atoms in total. The van der Waals surface area contributed by atoms with Crippen LogP contribution in [0.25, 0.3) is 11.2 Å². The van der Waals surface area contributed by atoms with Gasteiger partial charge in [0.2, 0.25) is 10.0 Å². The normalized spacial score (nSPS) is 20.5. The summed E-state index contributed by atoms with van der Waals surface area (Å²) in [4.78, 5) is 29.4. The molecule has 44 heavy (non-hydrogen) atoms. The molecular weight excluding hydrogens is 603 g/mol. The summed E-state index contributed by atoms with van der Waals surface area (Å²) < 4.78 is 67.6. The van der Waals surface area contributed by atoms with Gasteiger partial charge in [-0.05, 0) is 54.6 Å². The Balaban J connectivity index is 0.000000291. The zero-order valence-electron chi connectivity index (χ0n) is 23.1. The van der Waals surface area contributed by atoms with Crippen molar-refractivity contribution in [2.45, 2.75) is 29.6 Å². The molecule has 2 aromatic carbocycles. The fourth-order valence-corrected chi connectivity index (χ4v) is 6.50. The number of carbonyl (C=O) groups is 1. The molecule has 2 fully saturated rings. The lowest BCUT2D eigenvalue weighted by atomic mass is 10.1. The Labute approximate surface area is 250 Å². The molecule has 1 aliphatic carbocycles. The number of carboxylic acids is 1. The summed E-state index contributed by atoms with van der Waals surface area (Å²) in [6.45, 7) is 0.516. The van der Waals surface area contributed by atoms with Crippen LogP contribution in [0, 0.1) is 5.92 Å². The number of rotatable bonds is 7. The van der Waals surface area contributed by atoms with Crippen LogP contribution in [0.15, 0.2) is 78.2 Å². The largest absolute Gasteiger partial charge is 0.573 e. The Morgan fingerprint density at radius 1 is 1.05 bits per heavy atom. The molecule has 0 radical (unpaired) electrons. The van der Waals surface area contributed by atoms with Crippen LogP contribution in [0.4, 0.5) is 19.0 Å². The first kappa shape index (κ1) is 31.0. The Kier molecular flexibility index (Phi) is 8.94. The third-order valence-corrected chi connectivity index (χ3v) is 9.19. The van der Waals surface area contributed by atoms with Crippen LogP contribution < -0.4 is 15.4 Å². The van der Waals surface area contributed by atoms with Gasteiger partial charge in [-0.15, -0.1) is 13.2 Å². The molecule has 0 spiro atoms. The number of anilines is 1. The number of hydrogen-bond donors (Lipinski definition) is 2. The first-order valence-electron chi connectivity index (χ1n) is 13.5. The molecule has 16 heteroatoms. The lowest BCUT2D eigenvalue weighted by Gasteiger charge is -2.38. The molecule has 2 aliphatic rings. The summed E-state index contributed by atoms with van der Waals surface area (Å²) in [5, 5.41) is 9.69. The van der Waals surface area contributed by atoms with E-state index in [0.29, 0.717) is 17.0 Å². The summed E-state index contributed by atoms with van der Waals surface area (Å²) in [7, 11) is -4.32. The Hall–Kier alpha value is -4.41. The average Bonchev–Trinajstić information content (AvgIpc) is 3.81. The standard InChI is InChI=1S/C18H15F3N6O5S.C10H13N/c19-18(20,21)32-11-1-3-12(4-2-11)33(30,31)27-6-5-26(9-14(27)17(28)29)15-8-23-13-7-22-10-24-16(13)25-15;11-7-9-6-10(9)8-4-2-1-3-5-8/h1-4,7-8,10,14H,5-6,9H2,(H,28,29);1-5,9-10H,6-7,11H2/t14-;/m1./s1. The van der Waals surface area contributed by atoms with E-state index >= 15 is 0 Å². The number of sulfonamides is 1. The molecule has 0 bridgehead atoms. The van der Waals surface area contributed by atoms with E-state index in [2.05, 4.69) is 55.0 Å². The zero-order chi connectivity index (χ0) is 31.5. The van der Waals surface area contributed by atoms with Crippen molar-refractivity contribution < 1.29 is 36.2 Å². The van der Waals surface area contributed by atoms with Crippen LogP contribution >= 0.6 is 0 Å². The molecule has 1 saturated heterocycles. The minimum absolute atomic E-state index is 0.101. The number of aliphatic carboxylic acids is 1. The van der Waals surface area contributed by atoms with E-state index in [1.807, 2.05) is 0 Å². The molecule has 3 atom stereocenters. The highest BCUT2D eigenvalue weighted by Crippen LogP contribution is 2.46. The number of nitrogens with zero attached hydrogens (tertiary/aromatic N) is 6. The second-order valence-corrected chi connectivity index (χ2v) is 12.0. The van der Waals surface area contributed by atoms with Gasteiger partial charge in [0.05, 0.1) is 17.3 Å². The first-order valence-corrected chi connectivity index (χ1v) is 14.9. The SMILES string of the molecule is NCC1CC1c1ccccc1.O=C(O)[C@H]1CN(c2cnc3cncnc3n2)CCN1S(=O)(=O)c1ccc(OC(F)(F)F)cc1. The van der Waals surface area contributed by atoms with Crippen molar-refractivity contribution in [2.24, 2.45) is 11.7 Å². The number of carboxylic acid groups (broad SMARTS) is 1. The lowest BCUT2D eigenvalue weighted by Crippen LogP contribution is -2.58. The summed E-state index contributed by atoms with van der Waals surface area (Å²) >= 11 is 0. The van der Waals surface area contributed by atoms with Gasteiger partial charge in [0.15, 0.2) is 5.65 Å². The molecule has 1 saturated carbocycles. The number of hydrogen-bond acceptors (Lipinski definition) is 10. The predicted molar refractivity (Wildman–Crippen MR) is 152 cm³/mol. The van der Waals surface area contributed by atoms with Crippen LogP contribution in [-0.2, 0) is 14.8 Å². The second-order valence-electron chi connectivity index (χ2n) is 10.1. The van der Waals surface area contributed by atoms with Crippen LogP contribution in [0.3, 0.4) is 0 Å². The van der Waals surface area contributed by atoms with E-state index in [1.165, 1.54) is 30.7 Å². The van der Waals surface area contributed by atoms with E-state index in [1.54, 1.807) is 4.90 Å². The average molecular weight is 632 g/mol. The van der Waals surface area contributed by atoms with E-state index in [4.69, 9.17) is 5.73 Å². The first-order chi connectivity index (χ1) is 21.0. The maximum absolute atomic E-state index is 13.1. The van der Waals surface area contributed by atoms with Gasteiger partial charge in [-0.3, -0.25) is 4.79 Å². The molecular formula is C28H28F3N7O5S. The summed E-state index contributed by atoms with van der Waals surface area (Å²) in [5.41, 5.74) is 7.76. The third-order valence-electron chi connectivity index (χ3n) is 7.27. The Morgan fingerprint density at radius 2 is 1.77 bits per heavy atom. The van der Waals surface area contributed by atoms with E-state index in [9.17, 15) is 31.5 Å². The molecule has 2 unspecified atom stereocenters. The molecule has 3 heterocycles. The van der Waals surface area contributed by atoms with Crippen molar-refractivity contribution in [3.8, 4) is 5.75 Å². The fraction of sp³-hybridized carbons (Fsp3) is 0.321. The van der Waals surface area contributed by atoms with Gasteiger partial charge < -0.3 is 20.5 Å². The molecule has 4 aromatic rings. The van der Waals surface area contributed by atoms with E-state index in [-0.39, 0.29) is 24.5 Å². The minimum Gasteiger partial charge on any atom is -0.480 e. The molecule has 0 amide bonds. The van der Waals surface area contributed by atoms with Gasteiger partial charge in [-0.25, -0.2) is 28.4 Å². The highest BCUT2D eigenvalue weighted by atomic mass is 32.2. The van der Waals surface area contributed by atoms with Gasteiger partial charge in [0.25, 0.3) is 0 Å². The number of piperazine rings is 1. The molecule has 2 aromatic heterocycles. The molecule has 3 N–H and O–H groups in total. The summed E-state index contributed by atoms with van der Waals surface area (Å²) in [5.74, 6) is -0.145. The van der Waals surface area contributed by atoms with Crippen LogP contribution in [0.5, 0.6) is 5.75 Å². The molecule has 1 aliphatic heterocycles. The lowest BCUT2D eigenvalue weighted by molar-refractivity contribution is -0.274. The van der Waals surface area contributed by atoms with Crippen molar-refractivity contribution in [1.82, 2.24) is 24.2 Å². The van der Waals surface area contributed by atoms with E-state index < -0.39 is 34.1 Å². The van der Waals surface area contributed by atoms with Crippen molar-refractivity contribution >= 4 is 33.0 Å². The predicted octanol–water partition coefficient (Wildman–Crippen LogP) is 3.03. The maximum Gasteiger partial charge on any atom is 0.573 e. The van der Waals surface area contributed by atoms with Crippen LogP contribution in [-0.4, -0.2) is 82.3 Å². The van der Waals surface area contributed by atoms with Gasteiger partial charge in [0, 0.05) is 19.6 Å². The number of nitrogens with two attached hydrogens (primary N) is 1. The zero-order valence-corrected chi connectivity index (χ0v) is 23.9. The van der Waals surface area contributed by atoms with Gasteiger partial charge in [-0.2, -0.15) is 4.31 Å². The number of halogens is 3. The molecule has 232 valence electrons. The summed E-state index contributed by atoms with van der Waals surface area (Å²) in [6, 6.07) is 12.7. The summed E-state index contributed by atoms with van der Waals surface area (Å²) in [6.07, 6.45) is 0.530. The number of ether oxygens (including phenoxy) is 1. The third kappa shape index (κ3) is 7.20. The van der Waals surface area contributed by atoms with Crippen LogP contribution in [0.2, 0.25) is 0 Å². The number of fused-ring (bicyclic) bond motifs is 1. The number of alkyl halides is 3. The highest BCUT2D eigenvalue weighted by Gasteiger charge is 2.41. The van der Waals surface area contributed by atoms with Crippen molar-refractivity contribution in [2.75, 3.05) is 31.1 Å². The minimum atomic E-state index is -4.93. The van der Waals surface area contributed by atoms with Gasteiger partial charge in [-0.1, -0.05) is 30.3 Å². The van der Waals surface area contributed by atoms with Crippen molar-refractivity contribution in [3.63, 3.8) is 0 Å². The monoisotopic (exact) mass is 631 g/mol. The Bertz CT molecular complexity index is 1710. The van der Waals surface area contributed by atoms with Crippen molar-refractivity contribution in [3.05, 3.63) is 78.9 Å². The maximum atomic E-state index is 13.1. The van der Waals surface area contributed by atoms with Crippen molar-refractivity contribution in [1.29, 1.82) is 0 Å². The Morgan fingerprint density at radius 3 is 2.41 bits per heavy atom. The van der Waals surface area contributed by atoms with Gasteiger partial charge >= 0.3 is 12.3 Å². The van der Waals surface area contributed by atoms with E-state index in [0.717, 1.165) is 47.0 Å². The topological polar surface area (TPSA) is 165 Å².